The van der Waals surface area contributed by atoms with Gasteiger partial charge in [-0.1, -0.05) is 23.7 Å². The summed E-state index contributed by atoms with van der Waals surface area (Å²) in [5.41, 5.74) is 1.02. The smallest absolute Gasteiger partial charge is 0.303 e. The summed E-state index contributed by atoms with van der Waals surface area (Å²) < 4.78 is 5.41. The van der Waals surface area contributed by atoms with Crippen LogP contribution in [0.1, 0.15) is 23.2 Å². The Balaban J connectivity index is 1.90. The van der Waals surface area contributed by atoms with Crippen LogP contribution >= 0.6 is 11.6 Å². The first-order valence-electron chi connectivity index (χ1n) is 7.07. The minimum Gasteiger partial charge on any atom is -0.494 e. The number of ether oxygens (including phenoxy) is 1. The lowest BCUT2D eigenvalue weighted by molar-refractivity contribution is -0.137. The van der Waals surface area contributed by atoms with Crippen molar-refractivity contribution < 1.29 is 19.4 Å². The molecule has 23 heavy (non-hydrogen) atoms. The van der Waals surface area contributed by atoms with E-state index in [1.165, 1.54) is 0 Å². The standard InChI is InChI=1S/C17H16ClNO4/c18-14-4-1-2-5-15(14)19-17(22)12-7-9-13(10-8-12)23-11-3-6-16(20)21/h1-2,4-5,7-10H,3,6,11H2,(H,19,22)(H,20,21). The molecule has 0 aliphatic heterocycles. The summed E-state index contributed by atoms with van der Waals surface area (Å²) >= 11 is 6.00. The number of para-hydroxylation sites is 1. The Morgan fingerprint density at radius 3 is 2.43 bits per heavy atom. The van der Waals surface area contributed by atoms with Crippen LogP contribution in [0.5, 0.6) is 5.75 Å². The average Bonchev–Trinajstić information content (AvgIpc) is 2.54. The highest BCUT2D eigenvalue weighted by molar-refractivity contribution is 6.33. The van der Waals surface area contributed by atoms with E-state index in [4.69, 9.17) is 21.4 Å². The second kappa shape index (κ2) is 8.19. The molecular formula is C17H16ClNO4. The predicted molar refractivity (Wildman–Crippen MR) is 88.2 cm³/mol. The van der Waals surface area contributed by atoms with Crippen molar-refractivity contribution in [1.29, 1.82) is 0 Å². The maximum Gasteiger partial charge on any atom is 0.303 e. The van der Waals surface area contributed by atoms with Crippen molar-refractivity contribution in [2.45, 2.75) is 12.8 Å². The zero-order valence-corrected chi connectivity index (χ0v) is 13.0. The summed E-state index contributed by atoms with van der Waals surface area (Å²) in [6.07, 6.45) is 0.502. The number of carboxylic acids is 1. The molecule has 0 bridgehead atoms. The van der Waals surface area contributed by atoms with Crippen molar-refractivity contribution in [2.24, 2.45) is 0 Å². The highest BCUT2D eigenvalue weighted by atomic mass is 35.5. The van der Waals surface area contributed by atoms with E-state index in [0.717, 1.165) is 0 Å². The Morgan fingerprint density at radius 1 is 1.09 bits per heavy atom. The third-order valence-corrected chi connectivity index (χ3v) is 3.37. The molecule has 5 nitrogen and oxygen atoms in total. The molecule has 2 rings (SSSR count). The summed E-state index contributed by atoms with van der Waals surface area (Å²) in [5, 5.41) is 11.7. The Kier molecular flexibility index (Phi) is 6.00. The molecular weight excluding hydrogens is 318 g/mol. The fourth-order valence-corrected chi connectivity index (χ4v) is 2.06. The third-order valence-electron chi connectivity index (χ3n) is 3.04. The fourth-order valence-electron chi connectivity index (χ4n) is 1.87. The van der Waals surface area contributed by atoms with Crippen molar-refractivity contribution in [1.82, 2.24) is 0 Å². The molecule has 0 saturated carbocycles. The van der Waals surface area contributed by atoms with Gasteiger partial charge in [0.1, 0.15) is 5.75 Å². The molecule has 2 aromatic carbocycles. The van der Waals surface area contributed by atoms with E-state index in [-0.39, 0.29) is 12.3 Å². The monoisotopic (exact) mass is 333 g/mol. The molecule has 0 spiro atoms. The van der Waals surface area contributed by atoms with Gasteiger partial charge in [0.05, 0.1) is 17.3 Å². The number of nitrogens with one attached hydrogen (secondary N) is 1. The van der Waals surface area contributed by atoms with E-state index in [1.54, 1.807) is 48.5 Å². The maximum absolute atomic E-state index is 12.1. The molecule has 0 saturated heterocycles. The van der Waals surface area contributed by atoms with Crippen molar-refractivity contribution in [3.05, 3.63) is 59.1 Å². The van der Waals surface area contributed by atoms with Gasteiger partial charge >= 0.3 is 5.97 Å². The number of hydrogen-bond donors (Lipinski definition) is 2. The van der Waals surface area contributed by atoms with Crippen molar-refractivity contribution in [3.8, 4) is 5.75 Å². The molecule has 2 N–H and O–H groups in total. The molecule has 0 unspecified atom stereocenters. The molecule has 1 amide bonds. The highest BCUT2D eigenvalue weighted by Crippen LogP contribution is 2.21. The van der Waals surface area contributed by atoms with E-state index < -0.39 is 5.97 Å². The van der Waals surface area contributed by atoms with Gasteiger partial charge in [0.15, 0.2) is 0 Å². The van der Waals surface area contributed by atoms with Crippen LogP contribution < -0.4 is 10.1 Å². The Morgan fingerprint density at radius 2 is 1.78 bits per heavy atom. The topological polar surface area (TPSA) is 75.6 Å². The van der Waals surface area contributed by atoms with Crippen LogP contribution in [-0.2, 0) is 4.79 Å². The molecule has 0 aromatic heterocycles. The number of carbonyl (C=O) groups excluding carboxylic acids is 1. The first-order chi connectivity index (χ1) is 11.1. The number of anilines is 1. The lowest BCUT2D eigenvalue weighted by atomic mass is 10.2. The average molecular weight is 334 g/mol. The SMILES string of the molecule is O=C(O)CCCOc1ccc(C(=O)Nc2ccccc2Cl)cc1. The lowest BCUT2D eigenvalue weighted by Crippen LogP contribution is -2.12. The van der Waals surface area contributed by atoms with Gasteiger partial charge in [-0.15, -0.1) is 0 Å². The first-order valence-corrected chi connectivity index (χ1v) is 7.44. The summed E-state index contributed by atoms with van der Waals surface area (Å²) in [6.45, 7) is 0.317. The van der Waals surface area contributed by atoms with E-state index in [9.17, 15) is 9.59 Å². The molecule has 120 valence electrons. The zero-order chi connectivity index (χ0) is 16.7. The molecule has 0 fully saturated rings. The molecule has 0 aliphatic carbocycles. The van der Waals surface area contributed by atoms with Crippen molar-refractivity contribution in [2.75, 3.05) is 11.9 Å². The summed E-state index contributed by atoms with van der Waals surface area (Å²) in [4.78, 5) is 22.5. The third kappa shape index (κ3) is 5.30. The van der Waals surface area contributed by atoms with Crippen LogP contribution in [0.4, 0.5) is 5.69 Å². The number of carbonyl (C=O) groups is 2. The van der Waals surface area contributed by atoms with Crippen molar-refractivity contribution in [3.63, 3.8) is 0 Å². The zero-order valence-electron chi connectivity index (χ0n) is 12.3. The fraction of sp³-hybridized carbons (Fsp3) is 0.176. The Labute approximate surface area is 138 Å². The van der Waals surface area contributed by atoms with Gasteiger partial charge in [-0.3, -0.25) is 9.59 Å². The minimum atomic E-state index is -0.847. The largest absolute Gasteiger partial charge is 0.494 e. The molecule has 0 aliphatic rings. The van der Waals surface area contributed by atoms with Crippen LogP contribution in [-0.4, -0.2) is 23.6 Å². The van der Waals surface area contributed by atoms with Crippen LogP contribution in [0.3, 0.4) is 0 Å². The molecule has 2 aromatic rings. The molecule has 0 radical (unpaired) electrons. The normalized spacial score (nSPS) is 10.1. The number of halogens is 1. The van der Waals surface area contributed by atoms with E-state index in [1.807, 2.05) is 0 Å². The van der Waals surface area contributed by atoms with Crippen molar-refractivity contribution >= 4 is 29.2 Å². The lowest BCUT2D eigenvalue weighted by Gasteiger charge is -2.08. The Hall–Kier alpha value is -2.53. The van der Waals surface area contributed by atoms with Crippen LogP contribution in [0.2, 0.25) is 5.02 Å². The second-order valence-corrected chi connectivity index (χ2v) is 5.21. The second-order valence-electron chi connectivity index (χ2n) is 4.80. The summed E-state index contributed by atoms with van der Waals surface area (Å²) in [6, 6.07) is 13.6. The Bertz CT molecular complexity index is 685. The maximum atomic E-state index is 12.1. The number of carboxylic acid groups (broad SMARTS) is 1. The molecule has 0 atom stereocenters. The van der Waals surface area contributed by atoms with E-state index >= 15 is 0 Å². The van der Waals surface area contributed by atoms with Gasteiger partial charge in [-0.25, -0.2) is 0 Å². The predicted octanol–water partition coefficient (Wildman–Crippen LogP) is 3.84. The number of hydrogen-bond acceptors (Lipinski definition) is 3. The van der Waals surface area contributed by atoms with Gasteiger partial charge < -0.3 is 15.2 Å². The van der Waals surface area contributed by atoms with Gasteiger partial charge in [0.2, 0.25) is 0 Å². The molecule has 0 heterocycles. The molecule has 6 heteroatoms. The van der Waals surface area contributed by atoms with Crippen LogP contribution in [0.15, 0.2) is 48.5 Å². The van der Waals surface area contributed by atoms with Gasteiger partial charge in [-0.05, 0) is 42.8 Å². The number of rotatable bonds is 7. The van der Waals surface area contributed by atoms with Crippen LogP contribution in [0.25, 0.3) is 0 Å². The minimum absolute atomic E-state index is 0.0678. The van der Waals surface area contributed by atoms with Gasteiger partial charge in [0, 0.05) is 12.0 Å². The number of benzene rings is 2. The van der Waals surface area contributed by atoms with E-state index in [0.29, 0.717) is 35.1 Å². The summed E-state index contributed by atoms with van der Waals surface area (Å²) in [7, 11) is 0. The number of amides is 1. The van der Waals surface area contributed by atoms with Crippen LogP contribution in [0, 0.1) is 0 Å². The first kappa shape index (κ1) is 16.8. The van der Waals surface area contributed by atoms with Gasteiger partial charge in [-0.2, -0.15) is 0 Å². The summed E-state index contributed by atoms with van der Waals surface area (Å²) in [5.74, 6) is -0.527. The van der Waals surface area contributed by atoms with E-state index in [2.05, 4.69) is 5.32 Å². The van der Waals surface area contributed by atoms with Gasteiger partial charge in [0.25, 0.3) is 5.91 Å². The number of aliphatic carboxylic acids is 1. The highest BCUT2D eigenvalue weighted by Gasteiger charge is 2.08. The quantitative estimate of drug-likeness (QED) is 0.755.